The molecule has 0 radical (unpaired) electrons. The molecule has 0 bridgehead atoms. The molecule has 0 amide bonds. The van der Waals surface area contributed by atoms with Crippen molar-refractivity contribution in [3.63, 3.8) is 0 Å². The minimum atomic E-state index is -0.702. The second kappa shape index (κ2) is 8.81. The zero-order valence-corrected chi connectivity index (χ0v) is 16.4. The zero-order chi connectivity index (χ0) is 20.8. The normalized spacial score (nSPS) is 11.6. The van der Waals surface area contributed by atoms with E-state index in [1.54, 1.807) is 41.5 Å². The molecule has 9 nitrogen and oxygen atoms in total. The Morgan fingerprint density at radius 3 is 2.07 bits per heavy atom. The van der Waals surface area contributed by atoms with Gasteiger partial charge in [-0.15, -0.1) is 0 Å². The molecule has 150 valence electrons. The monoisotopic (exact) mass is 383 g/mol. The summed E-state index contributed by atoms with van der Waals surface area (Å²) in [5, 5.41) is 11.0. The third-order valence-electron chi connectivity index (χ3n) is 2.76. The van der Waals surface area contributed by atoms with Gasteiger partial charge in [-0.05, 0) is 47.6 Å². The Hall–Kier alpha value is -2.68. The molecule has 0 aliphatic rings. The summed E-state index contributed by atoms with van der Waals surface area (Å²) in [6, 6.07) is 3.67. The molecule has 0 saturated heterocycles. The van der Waals surface area contributed by atoms with E-state index < -0.39 is 34.7 Å². The number of nitro groups is 1. The highest BCUT2D eigenvalue weighted by Gasteiger charge is 2.21. The molecule has 0 atom stereocenters. The van der Waals surface area contributed by atoms with Crippen LogP contribution in [0.2, 0.25) is 0 Å². The molecule has 1 aromatic rings. The summed E-state index contributed by atoms with van der Waals surface area (Å²) >= 11 is 0. The number of hydrogen-bond donors (Lipinski definition) is 0. The van der Waals surface area contributed by atoms with Crippen molar-refractivity contribution in [3.05, 3.63) is 33.9 Å². The largest absolute Gasteiger partial charge is 0.460 e. The predicted molar refractivity (Wildman–Crippen MR) is 95.1 cm³/mol. The molecule has 9 heteroatoms. The van der Waals surface area contributed by atoms with Crippen LogP contribution < -0.4 is 4.89 Å². The molecule has 0 aromatic heterocycles. The zero-order valence-electron chi connectivity index (χ0n) is 16.4. The van der Waals surface area contributed by atoms with E-state index in [9.17, 15) is 19.7 Å². The van der Waals surface area contributed by atoms with Crippen LogP contribution in [0.4, 0.5) is 5.69 Å². The van der Waals surface area contributed by atoms with E-state index in [1.165, 1.54) is 18.2 Å². The Balaban J connectivity index is 2.84. The summed E-state index contributed by atoms with van der Waals surface area (Å²) in [5.41, 5.74) is -1.39. The van der Waals surface area contributed by atoms with Crippen molar-refractivity contribution in [1.29, 1.82) is 0 Å². The fraction of sp³-hybridized carbons (Fsp3) is 0.556. The van der Waals surface area contributed by atoms with Gasteiger partial charge in [-0.1, -0.05) is 0 Å². The molecule has 1 rings (SSSR count). The van der Waals surface area contributed by atoms with Crippen LogP contribution in [0.5, 0.6) is 5.75 Å². The minimum Gasteiger partial charge on any atom is -0.460 e. The van der Waals surface area contributed by atoms with Crippen LogP contribution in [0, 0.1) is 10.1 Å². The summed E-state index contributed by atoms with van der Waals surface area (Å²) in [5.74, 6) is -1.16. The van der Waals surface area contributed by atoms with Gasteiger partial charge in [-0.3, -0.25) is 14.9 Å². The summed E-state index contributed by atoms with van der Waals surface area (Å²) < 4.78 is 10.3. The lowest BCUT2D eigenvalue weighted by Gasteiger charge is -2.20. The van der Waals surface area contributed by atoms with Crippen molar-refractivity contribution in [1.82, 2.24) is 0 Å². The summed E-state index contributed by atoms with van der Waals surface area (Å²) in [6.45, 7) is 9.77. The van der Waals surface area contributed by atoms with Gasteiger partial charge >= 0.3 is 11.9 Å². The van der Waals surface area contributed by atoms with Crippen molar-refractivity contribution in [2.24, 2.45) is 0 Å². The number of hydrogen-bond acceptors (Lipinski definition) is 8. The number of rotatable bonds is 7. The van der Waals surface area contributed by atoms with Gasteiger partial charge in [0.25, 0.3) is 5.69 Å². The predicted octanol–water partition coefficient (Wildman–Crippen LogP) is 3.13. The lowest BCUT2D eigenvalue weighted by molar-refractivity contribution is -0.385. The maximum Gasteiger partial charge on any atom is 0.337 e. The van der Waals surface area contributed by atoms with Crippen LogP contribution in [-0.4, -0.2) is 34.7 Å². The van der Waals surface area contributed by atoms with Crippen LogP contribution in [0.3, 0.4) is 0 Å². The van der Waals surface area contributed by atoms with Gasteiger partial charge in [-0.25, -0.2) is 4.79 Å². The van der Waals surface area contributed by atoms with Gasteiger partial charge < -0.3 is 14.4 Å². The first-order valence-corrected chi connectivity index (χ1v) is 8.27. The summed E-state index contributed by atoms with van der Waals surface area (Å²) in [7, 11) is 0. The number of nitro benzene ring substituents is 1. The van der Waals surface area contributed by atoms with Gasteiger partial charge in [-0.2, -0.15) is 4.89 Å². The second-order valence-corrected chi connectivity index (χ2v) is 7.74. The Labute approximate surface area is 157 Å². The van der Waals surface area contributed by atoms with E-state index in [0.717, 1.165) is 0 Å². The Morgan fingerprint density at radius 1 is 1.00 bits per heavy atom. The van der Waals surface area contributed by atoms with Crippen molar-refractivity contribution in [3.8, 4) is 5.75 Å². The number of carbonyl (C=O) groups excluding carboxylic acids is 2. The van der Waals surface area contributed by atoms with Crippen molar-refractivity contribution in [2.75, 3.05) is 6.61 Å². The van der Waals surface area contributed by atoms with Gasteiger partial charge in [0, 0.05) is 17.7 Å². The molecule has 0 heterocycles. The lowest BCUT2D eigenvalue weighted by Crippen LogP contribution is -2.27. The Morgan fingerprint density at radius 2 is 1.56 bits per heavy atom. The maximum absolute atomic E-state index is 12.0. The van der Waals surface area contributed by atoms with E-state index >= 15 is 0 Å². The summed E-state index contributed by atoms with van der Waals surface area (Å²) in [6.07, 6.45) is -0.260. The van der Waals surface area contributed by atoms with Crippen LogP contribution in [0.1, 0.15) is 47.1 Å². The SMILES string of the molecule is CC(C)(C)OC(=O)COOc1ccc([N+](=O)[O-])cc1CC(=O)OC(C)(C)C. The third kappa shape index (κ3) is 9.00. The number of ether oxygens (including phenoxy) is 2. The topological polar surface area (TPSA) is 114 Å². The number of esters is 2. The van der Waals surface area contributed by atoms with Gasteiger partial charge in [0.2, 0.25) is 0 Å². The molecular formula is C18H25NO8. The van der Waals surface area contributed by atoms with Gasteiger partial charge in [0.15, 0.2) is 12.4 Å². The fourth-order valence-electron chi connectivity index (χ4n) is 1.94. The highest BCUT2D eigenvalue weighted by molar-refractivity contribution is 5.74. The average molecular weight is 383 g/mol. The highest BCUT2D eigenvalue weighted by Crippen LogP contribution is 2.26. The first-order chi connectivity index (χ1) is 12.3. The molecule has 0 saturated carbocycles. The molecular weight excluding hydrogens is 358 g/mol. The quantitative estimate of drug-likeness (QED) is 0.305. The smallest absolute Gasteiger partial charge is 0.337 e. The third-order valence-corrected chi connectivity index (χ3v) is 2.76. The van der Waals surface area contributed by atoms with E-state index in [0.29, 0.717) is 0 Å². The number of carbonyl (C=O) groups is 2. The Bertz CT molecular complexity index is 700. The lowest BCUT2D eigenvalue weighted by atomic mass is 10.1. The maximum atomic E-state index is 12.0. The second-order valence-electron chi connectivity index (χ2n) is 7.74. The van der Waals surface area contributed by atoms with E-state index in [-0.39, 0.29) is 23.4 Å². The standard InChI is InChI=1S/C18H25NO8/c1-17(2,3)25-15(20)10-12-9-13(19(22)23)7-8-14(12)27-24-11-16(21)26-18(4,5)6/h7-9H,10-11H2,1-6H3. The Kier molecular flexibility index (Phi) is 7.29. The van der Waals surface area contributed by atoms with Crippen molar-refractivity contribution < 1.29 is 33.8 Å². The fourth-order valence-corrected chi connectivity index (χ4v) is 1.94. The molecule has 1 aromatic carbocycles. The van der Waals surface area contributed by atoms with E-state index in [1.807, 2.05) is 0 Å². The number of benzene rings is 1. The number of nitrogens with zero attached hydrogens (tertiary/aromatic N) is 1. The van der Waals surface area contributed by atoms with Crippen LogP contribution in [0.15, 0.2) is 18.2 Å². The van der Waals surface area contributed by atoms with E-state index in [2.05, 4.69) is 0 Å². The summed E-state index contributed by atoms with van der Waals surface area (Å²) in [4.78, 5) is 43.9. The molecule has 0 unspecified atom stereocenters. The molecule has 0 aliphatic carbocycles. The first-order valence-electron chi connectivity index (χ1n) is 8.27. The molecule has 0 fully saturated rings. The van der Waals surface area contributed by atoms with Crippen molar-refractivity contribution >= 4 is 17.6 Å². The van der Waals surface area contributed by atoms with Crippen LogP contribution in [-0.2, 0) is 30.4 Å². The number of non-ortho nitro benzene ring substituents is 1. The van der Waals surface area contributed by atoms with Gasteiger partial charge in [0.05, 0.1) is 11.3 Å². The van der Waals surface area contributed by atoms with Crippen molar-refractivity contribution in [2.45, 2.75) is 59.2 Å². The average Bonchev–Trinajstić information content (AvgIpc) is 2.44. The minimum absolute atomic E-state index is 0.0648. The molecule has 27 heavy (non-hydrogen) atoms. The molecule has 0 N–H and O–H groups in total. The molecule has 0 aliphatic heterocycles. The van der Waals surface area contributed by atoms with Gasteiger partial charge in [0.1, 0.15) is 11.2 Å². The highest BCUT2D eigenvalue weighted by atomic mass is 17.2. The first kappa shape index (κ1) is 22.4. The molecule has 0 spiro atoms. The van der Waals surface area contributed by atoms with Crippen LogP contribution >= 0.6 is 0 Å². The van der Waals surface area contributed by atoms with Crippen LogP contribution in [0.25, 0.3) is 0 Å². The van der Waals surface area contributed by atoms with E-state index in [4.69, 9.17) is 19.2 Å².